The minimum atomic E-state index is -0.130. The maximum Gasteiger partial charge on any atom is 0.211 e. The van der Waals surface area contributed by atoms with Crippen LogP contribution in [-0.4, -0.2) is 5.78 Å². The van der Waals surface area contributed by atoms with E-state index in [2.05, 4.69) is 12.8 Å². The fourth-order valence-corrected chi connectivity index (χ4v) is 1.95. The molecule has 0 aromatic heterocycles. The number of carbonyl (C=O) groups is 1. The molecular formula is C10H14O. The van der Waals surface area contributed by atoms with Crippen LogP contribution in [-0.2, 0) is 4.79 Å². The van der Waals surface area contributed by atoms with Gasteiger partial charge in [-0.05, 0) is 25.2 Å². The van der Waals surface area contributed by atoms with Crippen LogP contribution in [0.5, 0.6) is 0 Å². The highest BCUT2D eigenvalue weighted by atomic mass is 16.1. The summed E-state index contributed by atoms with van der Waals surface area (Å²) in [7, 11) is 0. The Hall–Kier alpha value is -0.770. The molecule has 0 spiro atoms. The van der Waals surface area contributed by atoms with Crippen LogP contribution in [0, 0.1) is 17.8 Å². The minimum Gasteiger partial charge on any atom is -0.284 e. The molecule has 0 radical (unpaired) electrons. The molecule has 1 rings (SSSR count). The van der Waals surface area contributed by atoms with E-state index in [1.165, 1.54) is 12.8 Å². The zero-order chi connectivity index (χ0) is 8.32. The van der Waals surface area contributed by atoms with Gasteiger partial charge in [0.2, 0.25) is 5.78 Å². The lowest BCUT2D eigenvalue weighted by atomic mass is 9.79. The summed E-state index contributed by atoms with van der Waals surface area (Å²) in [6, 6.07) is 0. The van der Waals surface area contributed by atoms with Crippen LogP contribution in [0.2, 0.25) is 0 Å². The normalized spacial score (nSPS) is 21.1. The molecule has 60 valence electrons. The molecule has 0 amide bonds. The molecule has 1 heteroatoms. The van der Waals surface area contributed by atoms with Gasteiger partial charge in [-0.25, -0.2) is 0 Å². The highest BCUT2D eigenvalue weighted by molar-refractivity contribution is 5.99. The quantitative estimate of drug-likeness (QED) is 0.435. The van der Waals surface area contributed by atoms with Crippen LogP contribution in [0.1, 0.15) is 39.0 Å². The summed E-state index contributed by atoms with van der Waals surface area (Å²) in [5.74, 6) is 2.29. The Bertz CT molecular complexity index is 191. The van der Waals surface area contributed by atoms with Crippen molar-refractivity contribution in [3.05, 3.63) is 0 Å². The van der Waals surface area contributed by atoms with Crippen LogP contribution in [0.25, 0.3) is 0 Å². The zero-order valence-electron chi connectivity index (χ0n) is 7.02. The lowest BCUT2D eigenvalue weighted by Crippen LogP contribution is -2.25. The van der Waals surface area contributed by atoms with Crippen LogP contribution in [0.15, 0.2) is 0 Å². The number of Topliss-reactive ketones (excluding diaryl/α,β-unsaturated/α-hetero) is 1. The maximum absolute atomic E-state index is 11.3. The highest BCUT2D eigenvalue weighted by Crippen LogP contribution is 2.41. The average Bonchev–Trinajstić information content (AvgIpc) is 2.52. The molecule has 0 aromatic carbocycles. The zero-order valence-corrected chi connectivity index (χ0v) is 7.02. The highest BCUT2D eigenvalue weighted by Gasteiger charge is 2.37. The molecule has 0 aromatic rings. The van der Waals surface area contributed by atoms with Crippen molar-refractivity contribution in [1.29, 1.82) is 0 Å². The molecule has 0 unspecified atom stereocenters. The van der Waals surface area contributed by atoms with Crippen LogP contribution in [0.4, 0.5) is 0 Å². The number of ketones is 1. The number of terminal acetylenes is 1. The van der Waals surface area contributed by atoms with Crippen LogP contribution >= 0.6 is 0 Å². The first kappa shape index (κ1) is 8.33. The molecule has 1 saturated carbocycles. The Balaban J connectivity index is 2.76. The van der Waals surface area contributed by atoms with Gasteiger partial charge in [0.25, 0.3) is 0 Å². The lowest BCUT2D eigenvalue weighted by molar-refractivity contribution is -0.122. The molecule has 1 nitrogen and oxygen atoms in total. The van der Waals surface area contributed by atoms with Crippen molar-refractivity contribution in [1.82, 2.24) is 0 Å². The molecule has 0 atom stereocenters. The molecule has 11 heavy (non-hydrogen) atoms. The largest absolute Gasteiger partial charge is 0.284 e. The third kappa shape index (κ3) is 1.30. The topological polar surface area (TPSA) is 17.1 Å². The number of rotatable bonds is 2. The fourth-order valence-electron chi connectivity index (χ4n) is 1.95. The Labute approximate surface area is 68.2 Å². The summed E-state index contributed by atoms with van der Waals surface area (Å²) < 4.78 is 0. The Morgan fingerprint density at radius 1 is 1.55 bits per heavy atom. The van der Waals surface area contributed by atoms with Crippen molar-refractivity contribution in [3.8, 4) is 12.3 Å². The van der Waals surface area contributed by atoms with Crippen molar-refractivity contribution in [2.75, 3.05) is 0 Å². The molecule has 1 aliphatic carbocycles. The molecule has 0 heterocycles. The molecule has 0 N–H and O–H groups in total. The van der Waals surface area contributed by atoms with E-state index in [0.29, 0.717) is 0 Å². The van der Waals surface area contributed by atoms with Gasteiger partial charge >= 0.3 is 0 Å². The standard InChI is InChI=1S/C10H14O/c1-3-9(11)10(4-2)7-5-6-8-10/h1H,4-8H2,2H3. The third-order valence-electron chi connectivity index (χ3n) is 2.85. The smallest absolute Gasteiger partial charge is 0.211 e. The van der Waals surface area contributed by atoms with E-state index in [1.807, 2.05) is 0 Å². The van der Waals surface area contributed by atoms with E-state index >= 15 is 0 Å². The average molecular weight is 150 g/mol. The Kier molecular flexibility index (Phi) is 2.34. The van der Waals surface area contributed by atoms with Gasteiger partial charge in [0.15, 0.2) is 0 Å². The second-order valence-electron chi connectivity index (χ2n) is 3.31. The van der Waals surface area contributed by atoms with E-state index in [-0.39, 0.29) is 11.2 Å². The van der Waals surface area contributed by atoms with E-state index in [0.717, 1.165) is 19.3 Å². The predicted molar refractivity (Wildman–Crippen MR) is 45.0 cm³/mol. The maximum atomic E-state index is 11.3. The summed E-state index contributed by atoms with van der Waals surface area (Å²) in [5, 5.41) is 0. The second kappa shape index (κ2) is 3.09. The van der Waals surface area contributed by atoms with Gasteiger partial charge in [-0.15, -0.1) is 6.42 Å². The summed E-state index contributed by atoms with van der Waals surface area (Å²) in [5.41, 5.74) is -0.130. The van der Waals surface area contributed by atoms with Gasteiger partial charge in [-0.1, -0.05) is 19.8 Å². The molecule has 0 saturated heterocycles. The number of carbonyl (C=O) groups excluding carboxylic acids is 1. The summed E-state index contributed by atoms with van der Waals surface area (Å²) in [6.45, 7) is 2.06. The summed E-state index contributed by atoms with van der Waals surface area (Å²) >= 11 is 0. The second-order valence-corrected chi connectivity index (χ2v) is 3.31. The first-order valence-electron chi connectivity index (χ1n) is 4.26. The first-order valence-corrected chi connectivity index (χ1v) is 4.26. The SMILES string of the molecule is C#CC(=O)C1(CC)CCCC1. The molecule has 0 bridgehead atoms. The number of hydrogen-bond donors (Lipinski definition) is 0. The van der Waals surface area contributed by atoms with Gasteiger partial charge in [-0.2, -0.15) is 0 Å². The molecular weight excluding hydrogens is 136 g/mol. The van der Waals surface area contributed by atoms with Gasteiger partial charge in [0.05, 0.1) is 0 Å². The van der Waals surface area contributed by atoms with Crippen molar-refractivity contribution in [3.63, 3.8) is 0 Å². The van der Waals surface area contributed by atoms with Gasteiger partial charge in [0, 0.05) is 5.41 Å². The summed E-state index contributed by atoms with van der Waals surface area (Å²) in [6.07, 6.45) is 10.4. The van der Waals surface area contributed by atoms with Crippen molar-refractivity contribution in [2.24, 2.45) is 5.41 Å². The van der Waals surface area contributed by atoms with E-state index < -0.39 is 0 Å². The third-order valence-corrected chi connectivity index (χ3v) is 2.85. The molecule has 1 fully saturated rings. The van der Waals surface area contributed by atoms with Crippen LogP contribution in [0.3, 0.4) is 0 Å². The van der Waals surface area contributed by atoms with Gasteiger partial charge in [-0.3, -0.25) is 4.79 Å². The number of hydrogen-bond acceptors (Lipinski definition) is 1. The minimum absolute atomic E-state index is 0.0255. The van der Waals surface area contributed by atoms with E-state index in [1.54, 1.807) is 0 Å². The molecule has 0 aliphatic heterocycles. The van der Waals surface area contributed by atoms with Crippen LogP contribution < -0.4 is 0 Å². The van der Waals surface area contributed by atoms with Crippen molar-refractivity contribution >= 4 is 5.78 Å². The Morgan fingerprint density at radius 3 is 2.45 bits per heavy atom. The predicted octanol–water partition coefficient (Wildman–Crippen LogP) is 2.16. The first-order chi connectivity index (χ1) is 5.25. The van der Waals surface area contributed by atoms with Gasteiger partial charge < -0.3 is 0 Å². The van der Waals surface area contributed by atoms with E-state index in [9.17, 15) is 4.79 Å². The fraction of sp³-hybridized carbons (Fsp3) is 0.700. The molecule has 1 aliphatic rings. The summed E-state index contributed by atoms with van der Waals surface area (Å²) in [4.78, 5) is 11.3. The van der Waals surface area contributed by atoms with Crippen molar-refractivity contribution in [2.45, 2.75) is 39.0 Å². The monoisotopic (exact) mass is 150 g/mol. The van der Waals surface area contributed by atoms with Gasteiger partial charge in [0.1, 0.15) is 0 Å². The van der Waals surface area contributed by atoms with Crippen molar-refractivity contribution < 1.29 is 4.79 Å². The van der Waals surface area contributed by atoms with E-state index in [4.69, 9.17) is 6.42 Å². The Morgan fingerprint density at radius 2 is 2.09 bits per heavy atom. The lowest BCUT2D eigenvalue weighted by Gasteiger charge is -2.21.